The van der Waals surface area contributed by atoms with Crippen molar-refractivity contribution in [2.24, 2.45) is 0 Å². The molecule has 0 aliphatic heterocycles. The topological polar surface area (TPSA) is 67.2 Å². The Kier molecular flexibility index (Phi) is 5.94. The third-order valence-corrected chi connectivity index (χ3v) is 4.85. The van der Waals surface area contributed by atoms with Crippen LogP contribution in [0.1, 0.15) is 37.1 Å². The Morgan fingerprint density at radius 2 is 1.83 bits per heavy atom. The van der Waals surface area contributed by atoms with Crippen molar-refractivity contribution in [1.82, 2.24) is 14.7 Å². The average molecular weight is 441 g/mol. The van der Waals surface area contributed by atoms with Crippen LogP contribution in [0, 0.1) is 0 Å². The van der Waals surface area contributed by atoms with Crippen LogP contribution in [0.25, 0.3) is 5.69 Å². The molecule has 0 radical (unpaired) electrons. The second kappa shape index (κ2) is 8.14. The predicted molar refractivity (Wildman–Crippen MR) is 107 cm³/mol. The van der Waals surface area contributed by atoms with Crippen molar-refractivity contribution >= 4 is 29.0 Å². The van der Waals surface area contributed by atoms with Crippen molar-refractivity contribution < 1.29 is 22.8 Å². The van der Waals surface area contributed by atoms with Crippen molar-refractivity contribution in [2.75, 3.05) is 19.4 Å². The van der Waals surface area contributed by atoms with Gasteiger partial charge in [0.05, 0.1) is 22.0 Å². The number of ketones is 1. The molecule has 6 nitrogen and oxygen atoms in total. The van der Waals surface area contributed by atoms with Gasteiger partial charge in [0.15, 0.2) is 11.5 Å². The maximum absolute atomic E-state index is 13.2. The normalized spacial score (nSPS) is 14.6. The number of Topliss-reactive ketones (excluding diaryl/α,β-unsaturated/α-hetero) is 1. The number of nitrogens with zero attached hydrogens (tertiary/aromatic N) is 3. The molecule has 0 bridgehead atoms. The maximum Gasteiger partial charge on any atom is 0.436 e. The molecule has 1 amide bonds. The standard InChI is InChI=1S/C20H20ClF3N4O2/c1-11(29)15(10-27(2)3)19(30)25-13-6-8-14(9-7-13)28-17(12-4-5-12)16(21)18(26-28)20(22,23)24/h6-10,12H,4-5H2,1-3H3,(H,25,30)/b15-10+. The van der Waals surface area contributed by atoms with Gasteiger partial charge in [-0.05, 0) is 44.0 Å². The fourth-order valence-corrected chi connectivity index (χ4v) is 3.33. The molecule has 1 saturated carbocycles. The number of nitrogens with one attached hydrogen (secondary N) is 1. The van der Waals surface area contributed by atoms with E-state index in [0.29, 0.717) is 17.1 Å². The number of aromatic nitrogens is 2. The monoisotopic (exact) mass is 440 g/mol. The number of benzene rings is 1. The summed E-state index contributed by atoms with van der Waals surface area (Å²) in [5.74, 6) is -1.03. The van der Waals surface area contributed by atoms with Gasteiger partial charge < -0.3 is 10.2 Å². The lowest BCUT2D eigenvalue weighted by molar-refractivity contribution is -0.141. The Balaban J connectivity index is 1.88. The number of hydrogen-bond acceptors (Lipinski definition) is 4. The maximum atomic E-state index is 13.2. The number of rotatable bonds is 6. The summed E-state index contributed by atoms with van der Waals surface area (Å²) in [5, 5.41) is 5.93. The lowest BCUT2D eigenvalue weighted by atomic mass is 10.1. The Labute approximate surface area is 176 Å². The van der Waals surface area contributed by atoms with E-state index in [4.69, 9.17) is 11.6 Å². The van der Waals surface area contributed by atoms with Crippen LogP contribution in [0.2, 0.25) is 5.02 Å². The van der Waals surface area contributed by atoms with E-state index in [2.05, 4.69) is 10.4 Å². The number of alkyl halides is 3. The SMILES string of the molecule is CC(=O)/C(=C\N(C)C)C(=O)Nc1ccc(-n2nc(C(F)(F)F)c(Cl)c2C2CC2)cc1. The summed E-state index contributed by atoms with van der Waals surface area (Å²) < 4.78 is 40.9. The van der Waals surface area contributed by atoms with Gasteiger partial charge >= 0.3 is 6.18 Å². The highest BCUT2D eigenvalue weighted by molar-refractivity contribution is 6.32. The minimum Gasteiger partial charge on any atom is -0.383 e. The van der Waals surface area contributed by atoms with Crippen molar-refractivity contribution in [3.8, 4) is 5.69 Å². The van der Waals surface area contributed by atoms with Crippen LogP contribution in [0.15, 0.2) is 36.0 Å². The van der Waals surface area contributed by atoms with E-state index in [1.807, 2.05) is 0 Å². The fraction of sp³-hybridized carbons (Fsp3) is 0.350. The van der Waals surface area contributed by atoms with Gasteiger partial charge in [-0.1, -0.05) is 11.6 Å². The molecular formula is C20H20ClF3N4O2. The van der Waals surface area contributed by atoms with Crippen molar-refractivity contribution in [1.29, 1.82) is 0 Å². The van der Waals surface area contributed by atoms with Gasteiger partial charge in [-0.3, -0.25) is 9.59 Å². The molecule has 1 heterocycles. The molecule has 3 rings (SSSR count). The largest absolute Gasteiger partial charge is 0.436 e. The molecule has 160 valence electrons. The van der Waals surface area contributed by atoms with E-state index in [-0.39, 0.29) is 16.5 Å². The smallest absolute Gasteiger partial charge is 0.383 e. The number of carbonyl (C=O) groups excluding carboxylic acids is 2. The minimum absolute atomic E-state index is 0.0197. The summed E-state index contributed by atoms with van der Waals surface area (Å²) in [6, 6.07) is 6.13. The van der Waals surface area contributed by atoms with Crippen LogP contribution >= 0.6 is 11.6 Å². The molecule has 1 aliphatic rings. The Bertz CT molecular complexity index is 1010. The van der Waals surface area contributed by atoms with Gasteiger partial charge in [0, 0.05) is 31.9 Å². The second-order valence-corrected chi connectivity index (χ2v) is 7.67. The van der Waals surface area contributed by atoms with E-state index in [9.17, 15) is 22.8 Å². The van der Waals surface area contributed by atoms with E-state index < -0.39 is 23.6 Å². The first-order valence-corrected chi connectivity index (χ1v) is 9.53. The van der Waals surface area contributed by atoms with Gasteiger partial charge in [0.2, 0.25) is 0 Å². The lowest BCUT2D eigenvalue weighted by Crippen LogP contribution is -2.21. The molecule has 0 atom stereocenters. The molecule has 2 aromatic rings. The number of amides is 1. The van der Waals surface area contributed by atoms with Crippen LogP contribution in [0.4, 0.5) is 18.9 Å². The molecule has 0 saturated heterocycles. The van der Waals surface area contributed by atoms with Gasteiger partial charge in [-0.25, -0.2) is 4.68 Å². The fourth-order valence-electron chi connectivity index (χ4n) is 2.95. The van der Waals surface area contributed by atoms with Gasteiger partial charge in [0.25, 0.3) is 5.91 Å². The molecular weight excluding hydrogens is 421 g/mol. The highest BCUT2D eigenvalue weighted by Crippen LogP contribution is 2.47. The van der Waals surface area contributed by atoms with Crippen molar-refractivity contribution in [3.05, 3.63) is 52.4 Å². The van der Waals surface area contributed by atoms with Crippen molar-refractivity contribution in [3.63, 3.8) is 0 Å². The molecule has 1 N–H and O–H groups in total. The molecule has 30 heavy (non-hydrogen) atoms. The molecule has 0 unspecified atom stereocenters. The zero-order chi connectivity index (χ0) is 22.2. The molecule has 0 spiro atoms. The molecule has 1 aromatic carbocycles. The second-order valence-electron chi connectivity index (χ2n) is 7.30. The van der Waals surface area contributed by atoms with Gasteiger partial charge in [0.1, 0.15) is 0 Å². The Hall–Kier alpha value is -2.81. The van der Waals surface area contributed by atoms with Crippen LogP contribution in [-0.2, 0) is 15.8 Å². The number of hydrogen-bond donors (Lipinski definition) is 1. The molecule has 1 aliphatic carbocycles. The number of anilines is 1. The van der Waals surface area contributed by atoms with Crippen LogP contribution in [-0.4, -0.2) is 40.5 Å². The Morgan fingerprint density at radius 3 is 2.30 bits per heavy atom. The average Bonchev–Trinajstić information content (AvgIpc) is 3.41. The molecule has 1 aromatic heterocycles. The van der Waals surface area contributed by atoms with E-state index in [1.165, 1.54) is 42.1 Å². The molecule has 1 fully saturated rings. The summed E-state index contributed by atoms with van der Waals surface area (Å²) >= 11 is 6.00. The quantitative estimate of drug-likeness (QED) is 0.411. The van der Waals surface area contributed by atoms with Crippen molar-refractivity contribution in [2.45, 2.75) is 31.9 Å². The zero-order valence-corrected chi connectivity index (χ0v) is 17.3. The number of carbonyl (C=O) groups is 2. The van der Waals surface area contributed by atoms with Crippen LogP contribution < -0.4 is 5.32 Å². The Morgan fingerprint density at radius 1 is 1.23 bits per heavy atom. The van der Waals surface area contributed by atoms with E-state index in [0.717, 1.165) is 12.8 Å². The minimum atomic E-state index is -4.65. The first-order chi connectivity index (χ1) is 14.0. The zero-order valence-electron chi connectivity index (χ0n) is 16.5. The van der Waals surface area contributed by atoms with Gasteiger partial charge in [-0.15, -0.1) is 0 Å². The third-order valence-electron chi connectivity index (χ3n) is 4.47. The number of halogens is 4. The van der Waals surface area contributed by atoms with Crippen LogP contribution in [0.3, 0.4) is 0 Å². The first-order valence-electron chi connectivity index (χ1n) is 9.15. The molecule has 10 heteroatoms. The van der Waals surface area contributed by atoms with Gasteiger partial charge in [-0.2, -0.15) is 18.3 Å². The van der Waals surface area contributed by atoms with E-state index in [1.54, 1.807) is 19.0 Å². The third kappa shape index (κ3) is 4.67. The van der Waals surface area contributed by atoms with E-state index >= 15 is 0 Å². The first kappa shape index (κ1) is 21.9. The summed E-state index contributed by atoms with van der Waals surface area (Å²) in [6.45, 7) is 1.29. The predicted octanol–water partition coefficient (Wildman–Crippen LogP) is 4.39. The summed E-state index contributed by atoms with van der Waals surface area (Å²) in [7, 11) is 3.37. The van der Waals surface area contributed by atoms with Crippen LogP contribution in [0.5, 0.6) is 0 Å². The lowest BCUT2D eigenvalue weighted by Gasteiger charge is -2.11. The summed E-state index contributed by atoms with van der Waals surface area (Å²) in [6.07, 6.45) is -1.73. The summed E-state index contributed by atoms with van der Waals surface area (Å²) in [5.41, 5.74) is -0.00875. The highest BCUT2D eigenvalue weighted by Gasteiger charge is 2.42. The highest BCUT2D eigenvalue weighted by atomic mass is 35.5. The summed E-state index contributed by atoms with van der Waals surface area (Å²) in [4.78, 5) is 25.7.